The molecule has 2 aliphatic rings. The van der Waals surface area contributed by atoms with E-state index in [0.29, 0.717) is 23.6 Å². The monoisotopic (exact) mass is 279 g/mol. The molecule has 3 atom stereocenters. The fourth-order valence-corrected chi connectivity index (χ4v) is 4.52. The van der Waals surface area contributed by atoms with Crippen LogP contribution in [-0.2, 0) is 11.2 Å². The van der Waals surface area contributed by atoms with Gasteiger partial charge in [0.15, 0.2) is 0 Å². The van der Waals surface area contributed by atoms with Gasteiger partial charge in [-0.25, -0.2) is 0 Å². The van der Waals surface area contributed by atoms with Crippen LogP contribution in [0.1, 0.15) is 45.1 Å². The molecule has 0 amide bonds. The molecule has 0 aromatic carbocycles. The van der Waals surface area contributed by atoms with E-state index in [-0.39, 0.29) is 0 Å². The van der Waals surface area contributed by atoms with Crippen molar-refractivity contribution < 1.29 is 4.74 Å². The molecule has 106 valence electrons. The van der Waals surface area contributed by atoms with E-state index in [9.17, 15) is 0 Å². The lowest BCUT2D eigenvalue weighted by Crippen LogP contribution is -2.68. The molecule has 2 saturated carbocycles. The lowest BCUT2D eigenvalue weighted by Gasteiger charge is -2.61. The molecule has 0 radical (unpaired) electrons. The van der Waals surface area contributed by atoms with E-state index in [0.717, 1.165) is 13.0 Å². The van der Waals surface area contributed by atoms with Gasteiger partial charge in [-0.2, -0.15) is 11.3 Å². The molecule has 1 N–H and O–H groups in total. The van der Waals surface area contributed by atoms with E-state index in [1.807, 2.05) is 0 Å². The van der Waals surface area contributed by atoms with Crippen LogP contribution in [0, 0.1) is 5.41 Å². The quantitative estimate of drug-likeness (QED) is 0.859. The fraction of sp³-hybridized carbons (Fsp3) is 0.750. The summed E-state index contributed by atoms with van der Waals surface area (Å²) < 4.78 is 5.91. The molecule has 0 aliphatic heterocycles. The molecule has 2 fully saturated rings. The maximum atomic E-state index is 5.91. The summed E-state index contributed by atoms with van der Waals surface area (Å²) in [7, 11) is 0. The highest BCUT2D eigenvalue weighted by molar-refractivity contribution is 7.07. The first-order chi connectivity index (χ1) is 9.24. The van der Waals surface area contributed by atoms with Crippen molar-refractivity contribution in [3.05, 3.63) is 22.4 Å². The smallest absolute Gasteiger partial charge is 0.0661 e. The third-order valence-electron chi connectivity index (χ3n) is 5.04. The molecule has 3 unspecified atom stereocenters. The SMILES string of the molecule is CCOC1CC(NC(C)Cc2ccsc2)C12CCC2. The fourth-order valence-electron chi connectivity index (χ4n) is 3.84. The molecule has 3 rings (SSSR count). The van der Waals surface area contributed by atoms with Crippen LogP contribution in [0.4, 0.5) is 0 Å². The van der Waals surface area contributed by atoms with Gasteiger partial charge in [0, 0.05) is 24.1 Å². The van der Waals surface area contributed by atoms with Crippen molar-refractivity contribution in [1.82, 2.24) is 5.32 Å². The van der Waals surface area contributed by atoms with Gasteiger partial charge in [-0.3, -0.25) is 0 Å². The van der Waals surface area contributed by atoms with Crippen molar-refractivity contribution in [2.75, 3.05) is 6.61 Å². The van der Waals surface area contributed by atoms with Crippen molar-refractivity contribution in [3.8, 4) is 0 Å². The Balaban J connectivity index is 1.53. The minimum atomic E-state index is 0.485. The van der Waals surface area contributed by atoms with Crippen LogP contribution in [0.5, 0.6) is 0 Å². The maximum Gasteiger partial charge on any atom is 0.0661 e. The van der Waals surface area contributed by atoms with Gasteiger partial charge in [-0.1, -0.05) is 6.42 Å². The molecule has 1 aromatic heterocycles. The number of nitrogens with one attached hydrogen (secondary N) is 1. The number of ether oxygens (including phenoxy) is 1. The molecule has 1 spiro atoms. The number of thiophene rings is 1. The summed E-state index contributed by atoms with van der Waals surface area (Å²) in [5.41, 5.74) is 1.95. The molecule has 2 aliphatic carbocycles. The molecule has 0 saturated heterocycles. The molecule has 2 nitrogen and oxygen atoms in total. The van der Waals surface area contributed by atoms with Gasteiger partial charge in [0.05, 0.1) is 6.10 Å². The topological polar surface area (TPSA) is 21.3 Å². The van der Waals surface area contributed by atoms with E-state index >= 15 is 0 Å². The zero-order valence-electron chi connectivity index (χ0n) is 12.0. The second kappa shape index (κ2) is 5.55. The Morgan fingerprint density at radius 3 is 2.95 bits per heavy atom. The summed E-state index contributed by atoms with van der Waals surface area (Å²) in [6.07, 6.45) is 7.00. The Labute approximate surface area is 120 Å². The van der Waals surface area contributed by atoms with Crippen LogP contribution in [0.3, 0.4) is 0 Å². The van der Waals surface area contributed by atoms with Gasteiger partial charge in [-0.05, 0) is 61.9 Å². The van der Waals surface area contributed by atoms with Crippen molar-refractivity contribution >= 4 is 11.3 Å². The second-order valence-electron chi connectivity index (χ2n) is 6.22. The zero-order valence-corrected chi connectivity index (χ0v) is 12.8. The molecular weight excluding hydrogens is 254 g/mol. The minimum Gasteiger partial charge on any atom is -0.378 e. The Kier molecular flexibility index (Phi) is 3.97. The van der Waals surface area contributed by atoms with Crippen LogP contribution in [0.2, 0.25) is 0 Å². The Morgan fingerprint density at radius 2 is 2.37 bits per heavy atom. The van der Waals surface area contributed by atoms with E-state index in [1.54, 1.807) is 11.3 Å². The van der Waals surface area contributed by atoms with Gasteiger partial charge in [-0.15, -0.1) is 0 Å². The first-order valence-electron chi connectivity index (χ1n) is 7.63. The first-order valence-corrected chi connectivity index (χ1v) is 8.57. The third-order valence-corrected chi connectivity index (χ3v) is 5.78. The van der Waals surface area contributed by atoms with Crippen molar-refractivity contribution in [2.24, 2.45) is 5.41 Å². The highest BCUT2D eigenvalue weighted by atomic mass is 32.1. The van der Waals surface area contributed by atoms with Crippen LogP contribution >= 0.6 is 11.3 Å². The maximum absolute atomic E-state index is 5.91. The Hall–Kier alpha value is -0.380. The zero-order chi connectivity index (χ0) is 13.3. The molecule has 19 heavy (non-hydrogen) atoms. The lowest BCUT2D eigenvalue weighted by molar-refractivity contribution is -0.174. The Bertz CT molecular complexity index is 399. The number of rotatable bonds is 6. The molecule has 1 aromatic rings. The van der Waals surface area contributed by atoms with Gasteiger partial charge in [0.2, 0.25) is 0 Å². The summed E-state index contributed by atoms with van der Waals surface area (Å²) in [5.74, 6) is 0. The van der Waals surface area contributed by atoms with Crippen molar-refractivity contribution in [3.63, 3.8) is 0 Å². The van der Waals surface area contributed by atoms with E-state index in [1.165, 1.54) is 31.2 Å². The predicted octanol–water partition coefficient (Wildman–Crippen LogP) is 3.62. The van der Waals surface area contributed by atoms with Gasteiger partial charge < -0.3 is 10.1 Å². The van der Waals surface area contributed by atoms with Crippen LogP contribution in [0.15, 0.2) is 16.8 Å². The first kappa shape index (κ1) is 13.6. The van der Waals surface area contributed by atoms with Crippen LogP contribution < -0.4 is 5.32 Å². The van der Waals surface area contributed by atoms with E-state index in [2.05, 4.69) is 36.0 Å². The highest BCUT2D eigenvalue weighted by Gasteiger charge is 2.58. The third kappa shape index (κ3) is 2.48. The van der Waals surface area contributed by atoms with Gasteiger partial charge >= 0.3 is 0 Å². The summed E-state index contributed by atoms with van der Waals surface area (Å²) in [5, 5.41) is 8.30. The predicted molar refractivity (Wildman–Crippen MR) is 80.7 cm³/mol. The van der Waals surface area contributed by atoms with Crippen LogP contribution in [0.25, 0.3) is 0 Å². The minimum absolute atomic E-state index is 0.485. The van der Waals surface area contributed by atoms with Gasteiger partial charge in [0.1, 0.15) is 0 Å². The molecular formula is C16H25NOS. The molecule has 1 heterocycles. The summed E-state index contributed by atoms with van der Waals surface area (Å²) in [6, 6.07) is 3.50. The van der Waals surface area contributed by atoms with Crippen molar-refractivity contribution in [1.29, 1.82) is 0 Å². The molecule has 3 heteroatoms. The largest absolute Gasteiger partial charge is 0.378 e. The number of hydrogen-bond donors (Lipinski definition) is 1. The van der Waals surface area contributed by atoms with Gasteiger partial charge in [0.25, 0.3) is 0 Å². The number of hydrogen-bond acceptors (Lipinski definition) is 3. The van der Waals surface area contributed by atoms with E-state index in [4.69, 9.17) is 4.74 Å². The Morgan fingerprint density at radius 1 is 1.53 bits per heavy atom. The summed E-state index contributed by atoms with van der Waals surface area (Å²) in [6.45, 7) is 5.30. The molecule has 0 bridgehead atoms. The summed E-state index contributed by atoms with van der Waals surface area (Å²) >= 11 is 1.79. The van der Waals surface area contributed by atoms with E-state index < -0.39 is 0 Å². The summed E-state index contributed by atoms with van der Waals surface area (Å²) in [4.78, 5) is 0. The lowest BCUT2D eigenvalue weighted by atomic mass is 9.51. The standard InChI is InChI=1S/C16H25NOS/c1-3-18-15-10-14(16(15)6-4-7-16)17-12(2)9-13-5-8-19-11-13/h5,8,11-12,14-15,17H,3-4,6-7,9-10H2,1-2H3. The highest BCUT2D eigenvalue weighted by Crippen LogP contribution is 2.57. The average Bonchev–Trinajstić information content (AvgIpc) is 2.78. The average molecular weight is 279 g/mol. The normalized spacial score (nSPS) is 29.8. The van der Waals surface area contributed by atoms with Crippen LogP contribution in [-0.4, -0.2) is 24.8 Å². The second-order valence-corrected chi connectivity index (χ2v) is 7.00. The van der Waals surface area contributed by atoms with Crippen molar-refractivity contribution in [2.45, 2.75) is 64.1 Å².